The van der Waals surface area contributed by atoms with Crippen LogP contribution in [0.1, 0.15) is 11.1 Å². The SMILES string of the molecule is Cc1cnccc1CN1C[C@@H](O)[C@H](Oc2ccccc2)C1. The van der Waals surface area contributed by atoms with E-state index < -0.39 is 6.10 Å². The van der Waals surface area contributed by atoms with Gasteiger partial charge in [0.15, 0.2) is 0 Å². The average Bonchev–Trinajstić information content (AvgIpc) is 2.82. The Balaban J connectivity index is 1.62. The molecule has 2 atom stereocenters. The molecule has 4 heteroatoms. The van der Waals surface area contributed by atoms with Crippen LogP contribution in [0.2, 0.25) is 0 Å². The van der Waals surface area contributed by atoms with E-state index in [0.717, 1.165) is 18.8 Å². The van der Waals surface area contributed by atoms with Gasteiger partial charge in [-0.25, -0.2) is 0 Å². The molecule has 0 radical (unpaired) electrons. The first-order valence-corrected chi connectivity index (χ1v) is 7.24. The molecule has 0 spiro atoms. The van der Waals surface area contributed by atoms with Gasteiger partial charge in [-0.05, 0) is 36.2 Å². The van der Waals surface area contributed by atoms with E-state index in [-0.39, 0.29) is 6.10 Å². The number of β-amino-alcohol motifs (C(OH)–C–C–N with tert-alkyl or cyclic N) is 1. The molecular weight excluding hydrogens is 264 g/mol. The summed E-state index contributed by atoms with van der Waals surface area (Å²) >= 11 is 0. The standard InChI is InChI=1S/C17H20N2O2/c1-13-9-18-8-7-14(13)10-19-11-16(20)17(12-19)21-15-5-3-2-4-6-15/h2-9,16-17,20H,10-12H2,1H3/t16-,17-/m1/s1. The summed E-state index contributed by atoms with van der Waals surface area (Å²) in [5.41, 5.74) is 2.43. The topological polar surface area (TPSA) is 45.6 Å². The van der Waals surface area contributed by atoms with Crippen LogP contribution < -0.4 is 4.74 Å². The van der Waals surface area contributed by atoms with E-state index in [1.165, 1.54) is 11.1 Å². The van der Waals surface area contributed by atoms with Crippen molar-refractivity contribution in [3.05, 3.63) is 59.9 Å². The summed E-state index contributed by atoms with van der Waals surface area (Å²) in [6.07, 6.45) is 3.06. The Hall–Kier alpha value is -1.91. The van der Waals surface area contributed by atoms with Gasteiger partial charge in [-0.1, -0.05) is 18.2 Å². The molecule has 1 aromatic heterocycles. The van der Waals surface area contributed by atoms with Crippen molar-refractivity contribution in [3.63, 3.8) is 0 Å². The smallest absolute Gasteiger partial charge is 0.138 e. The lowest BCUT2D eigenvalue weighted by Gasteiger charge is -2.17. The van der Waals surface area contributed by atoms with Gasteiger partial charge in [-0.15, -0.1) is 0 Å². The largest absolute Gasteiger partial charge is 0.486 e. The van der Waals surface area contributed by atoms with Crippen molar-refractivity contribution in [1.82, 2.24) is 9.88 Å². The molecule has 4 nitrogen and oxygen atoms in total. The molecule has 3 rings (SSSR count). The van der Waals surface area contributed by atoms with Crippen LogP contribution in [0.25, 0.3) is 0 Å². The number of aliphatic hydroxyl groups excluding tert-OH is 1. The summed E-state index contributed by atoms with van der Waals surface area (Å²) in [7, 11) is 0. The molecule has 0 aliphatic carbocycles. The monoisotopic (exact) mass is 284 g/mol. The molecule has 1 aliphatic heterocycles. The van der Waals surface area contributed by atoms with Gasteiger partial charge in [-0.3, -0.25) is 9.88 Å². The van der Waals surface area contributed by atoms with E-state index in [0.29, 0.717) is 6.54 Å². The van der Waals surface area contributed by atoms with Gasteiger partial charge >= 0.3 is 0 Å². The van der Waals surface area contributed by atoms with Crippen LogP contribution in [0, 0.1) is 6.92 Å². The molecule has 1 N–H and O–H groups in total. The Morgan fingerprint density at radius 1 is 1.24 bits per heavy atom. The number of ether oxygens (including phenoxy) is 1. The second kappa shape index (κ2) is 6.24. The first-order chi connectivity index (χ1) is 10.2. The second-order valence-corrected chi connectivity index (χ2v) is 5.53. The first kappa shape index (κ1) is 14.0. The lowest BCUT2D eigenvalue weighted by molar-refractivity contribution is 0.0737. The van der Waals surface area contributed by atoms with Crippen LogP contribution >= 0.6 is 0 Å². The fourth-order valence-electron chi connectivity index (χ4n) is 2.67. The van der Waals surface area contributed by atoms with Crippen molar-refractivity contribution in [1.29, 1.82) is 0 Å². The summed E-state index contributed by atoms with van der Waals surface area (Å²) in [4.78, 5) is 6.34. The van der Waals surface area contributed by atoms with E-state index >= 15 is 0 Å². The minimum atomic E-state index is -0.452. The van der Waals surface area contributed by atoms with Crippen molar-refractivity contribution < 1.29 is 9.84 Å². The van der Waals surface area contributed by atoms with E-state index in [2.05, 4.69) is 16.8 Å². The van der Waals surface area contributed by atoms with E-state index in [1.807, 2.05) is 48.8 Å². The molecule has 110 valence electrons. The fraction of sp³-hybridized carbons (Fsp3) is 0.353. The molecule has 0 amide bonds. The molecule has 2 heterocycles. The van der Waals surface area contributed by atoms with Crippen molar-refractivity contribution in [2.75, 3.05) is 13.1 Å². The number of rotatable bonds is 4. The highest BCUT2D eigenvalue weighted by molar-refractivity contribution is 5.23. The minimum absolute atomic E-state index is 0.172. The molecule has 0 unspecified atom stereocenters. The highest BCUT2D eigenvalue weighted by atomic mass is 16.5. The first-order valence-electron chi connectivity index (χ1n) is 7.24. The molecule has 1 saturated heterocycles. The van der Waals surface area contributed by atoms with Gasteiger partial charge in [0.1, 0.15) is 18.0 Å². The lowest BCUT2D eigenvalue weighted by atomic mass is 10.1. The van der Waals surface area contributed by atoms with Crippen LogP contribution in [-0.4, -0.2) is 40.3 Å². The predicted octanol–water partition coefficient (Wildman–Crippen LogP) is 2.01. The van der Waals surface area contributed by atoms with Gasteiger partial charge in [0, 0.05) is 32.0 Å². The third-order valence-corrected chi connectivity index (χ3v) is 3.87. The zero-order valence-corrected chi connectivity index (χ0v) is 12.1. The Bertz CT molecular complexity index is 588. The maximum atomic E-state index is 10.2. The van der Waals surface area contributed by atoms with Crippen molar-refractivity contribution in [3.8, 4) is 5.75 Å². The Kier molecular flexibility index (Phi) is 4.18. The lowest BCUT2D eigenvalue weighted by Crippen LogP contribution is -2.29. The fourth-order valence-corrected chi connectivity index (χ4v) is 2.67. The van der Waals surface area contributed by atoms with Gasteiger partial charge in [0.2, 0.25) is 0 Å². The van der Waals surface area contributed by atoms with Gasteiger partial charge < -0.3 is 9.84 Å². The summed E-state index contributed by atoms with van der Waals surface area (Å²) < 4.78 is 5.88. The number of para-hydroxylation sites is 1. The number of hydrogen-bond acceptors (Lipinski definition) is 4. The third-order valence-electron chi connectivity index (χ3n) is 3.87. The predicted molar refractivity (Wildman–Crippen MR) is 81.1 cm³/mol. The summed E-state index contributed by atoms with van der Waals surface area (Å²) in [6, 6.07) is 11.7. The van der Waals surface area contributed by atoms with E-state index in [1.54, 1.807) is 0 Å². The number of aliphatic hydroxyl groups is 1. The van der Waals surface area contributed by atoms with Crippen molar-refractivity contribution in [2.24, 2.45) is 0 Å². The zero-order valence-electron chi connectivity index (χ0n) is 12.1. The van der Waals surface area contributed by atoms with Gasteiger partial charge in [0.05, 0.1) is 0 Å². The van der Waals surface area contributed by atoms with Crippen molar-refractivity contribution >= 4 is 0 Å². The quantitative estimate of drug-likeness (QED) is 0.933. The van der Waals surface area contributed by atoms with E-state index in [9.17, 15) is 5.11 Å². The average molecular weight is 284 g/mol. The highest BCUT2D eigenvalue weighted by Crippen LogP contribution is 2.20. The second-order valence-electron chi connectivity index (χ2n) is 5.53. The minimum Gasteiger partial charge on any atom is -0.486 e. The molecular formula is C17H20N2O2. The Morgan fingerprint density at radius 3 is 2.81 bits per heavy atom. The highest BCUT2D eigenvalue weighted by Gasteiger charge is 2.33. The number of aromatic nitrogens is 1. The number of benzene rings is 1. The molecule has 1 aliphatic rings. The zero-order chi connectivity index (χ0) is 14.7. The Labute approximate surface area is 125 Å². The molecule has 0 saturated carbocycles. The maximum Gasteiger partial charge on any atom is 0.138 e. The molecule has 0 bridgehead atoms. The van der Waals surface area contributed by atoms with Crippen LogP contribution in [0.15, 0.2) is 48.8 Å². The van der Waals surface area contributed by atoms with Gasteiger partial charge in [-0.2, -0.15) is 0 Å². The molecule has 1 aromatic carbocycles. The van der Waals surface area contributed by atoms with Crippen LogP contribution in [0.4, 0.5) is 0 Å². The Morgan fingerprint density at radius 2 is 2.05 bits per heavy atom. The number of hydrogen-bond donors (Lipinski definition) is 1. The molecule has 1 fully saturated rings. The summed E-state index contributed by atoms with van der Waals surface area (Å²) in [5, 5.41) is 10.2. The number of pyridine rings is 1. The van der Waals surface area contributed by atoms with Crippen molar-refractivity contribution in [2.45, 2.75) is 25.7 Å². The number of aryl methyl sites for hydroxylation is 1. The van der Waals surface area contributed by atoms with Crippen LogP contribution in [0.5, 0.6) is 5.75 Å². The third kappa shape index (κ3) is 3.40. The summed E-state index contributed by atoms with van der Waals surface area (Å²) in [6.45, 7) is 4.25. The maximum absolute atomic E-state index is 10.2. The van der Waals surface area contributed by atoms with Gasteiger partial charge in [0.25, 0.3) is 0 Å². The van der Waals surface area contributed by atoms with E-state index in [4.69, 9.17) is 4.74 Å². The molecule has 21 heavy (non-hydrogen) atoms. The molecule has 2 aromatic rings. The van der Waals surface area contributed by atoms with Crippen LogP contribution in [-0.2, 0) is 6.54 Å². The van der Waals surface area contributed by atoms with Crippen LogP contribution in [0.3, 0.4) is 0 Å². The number of likely N-dealkylation sites (tertiary alicyclic amines) is 1. The number of nitrogens with zero attached hydrogens (tertiary/aromatic N) is 2. The summed E-state index contributed by atoms with van der Waals surface area (Å²) in [5.74, 6) is 0.809. The normalized spacial score (nSPS) is 22.4.